The summed E-state index contributed by atoms with van der Waals surface area (Å²) in [7, 11) is 0. The third-order valence-electron chi connectivity index (χ3n) is 3.88. The normalized spacial score (nSPS) is 15.9. The van der Waals surface area contributed by atoms with Crippen molar-refractivity contribution in [2.24, 2.45) is 5.92 Å². The van der Waals surface area contributed by atoms with Gasteiger partial charge >= 0.3 is 0 Å². The van der Waals surface area contributed by atoms with Crippen LogP contribution in [0.5, 0.6) is 0 Å². The highest BCUT2D eigenvalue weighted by Gasteiger charge is 2.11. The van der Waals surface area contributed by atoms with Gasteiger partial charge in [-0.15, -0.1) is 0 Å². The first-order chi connectivity index (χ1) is 8.83. The molecule has 0 nitrogen and oxygen atoms in total. The second-order valence-corrected chi connectivity index (χ2v) is 5.65. The number of unbranched alkanes of at least 4 members (excludes halogenated alkanes) is 2. The number of aryl methyl sites for hydroxylation is 1. The molecule has 0 radical (unpaired) electrons. The van der Waals surface area contributed by atoms with Crippen molar-refractivity contribution >= 4 is 0 Å². The Labute approximate surface area is 114 Å². The summed E-state index contributed by atoms with van der Waals surface area (Å²) in [6, 6.07) is 10.3. The zero-order valence-electron chi connectivity index (χ0n) is 12.3. The van der Waals surface area contributed by atoms with Crippen LogP contribution < -0.4 is 0 Å². The van der Waals surface area contributed by atoms with E-state index in [0.717, 1.165) is 5.92 Å². The molecule has 0 N–H and O–H groups in total. The Morgan fingerprint density at radius 1 is 0.944 bits per heavy atom. The monoisotopic (exact) mass is 246 g/mol. The van der Waals surface area contributed by atoms with Crippen LogP contribution in [-0.4, -0.2) is 0 Å². The minimum Gasteiger partial charge on any atom is -0.0654 e. The summed E-state index contributed by atoms with van der Waals surface area (Å²) in [6.45, 7) is 4.38. The van der Waals surface area contributed by atoms with E-state index in [1.807, 2.05) is 18.2 Å². The van der Waals surface area contributed by atoms with Crippen LogP contribution in [0.2, 0.25) is 0 Å². The quantitative estimate of drug-likeness (QED) is 0.560. The highest BCUT2D eigenvalue weighted by Crippen LogP contribution is 2.27. The van der Waals surface area contributed by atoms with Crippen LogP contribution in [0.1, 0.15) is 70.3 Å². The molecule has 18 heavy (non-hydrogen) atoms. The van der Waals surface area contributed by atoms with Crippen molar-refractivity contribution in [3.05, 3.63) is 35.9 Å². The van der Waals surface area contributed by atoms with E-state index in [-0.39, 0.29) is 0 Å². The topological polar surface area (TPSA) is 0 Å². The molecule has 1 fully saturated rings. The van der Waals surface area contributed by atoms with E-state index in [2.05, 4.69) is 26.0 Å². The van der Waals surface area contributed by atoms with E-state index in [4.69, 9.17) is 0 Å². The van der Waals surface area contributed by atoms with E-state index in [0.29, 0.717) is 0 Å². The average molecular weight is 246 g/mol. The van der Waals surface area contributed by atoms with Crippen molar-refractivity contribution in [3.8, 4) is 0 Å². The lowest BCUT2D eigenvalue weighted by molar-refractivity contribution is 0.329. The van der Waals surface area contributed by atoms with Gasteiger partial charge in [-0.1, -0.05) is 101 Å². The molecule has 0 unspecified atom stereocenters. The summed E-state index contributed by atoms with van der Waals surface area (Å²) >= 11 is 0. The summed E-state index contributed by atoms with van der Waals surface area (Å²) in [6.07, 6.45) is 13.4. The van der Waals surface area contributed by atoms with Crippen LogP contribution >= 0.6 is 0 Å². The van der Waals surface area contributed by atoms with Crippen molar-refractivity contribution < 1.29 is 0 Å². The predicted molar refractivity (Wildman–Crippen MR) is 81.9 cm³/mol. The Morgan fingerprint density at radius 2 is 1.61 bits per heavy atom. The molecule has 1 aliphatic carbocycles. The summed E-state index contributed by atoms with van der Waals surface area (Å²) in [4.78, 5) is 0. The Kier molecular flexibility index (Phi) is 8.63. The Hall–Kier alpha value is -0.780. The first-order valence-electron chi connectivity index (χ1n) is 7.84. The molecule has 0 heterocycles. The van der Waals surface area contributed by atoms with Gasteiger partial charge in [-0.25, -0.2) is 0 Å². The number of benzene rings is 1. The minimum absolute atomic E-state index is 1.11. The Morgan fingerprint density at radius 3 is 2.11 bits per heavy atom. The minimum atomic E-state index is 1.11. The maximum absolute atomic E-state index is 2.29. The van der Waals surface area contributed by atoms with Gasteiger partial charge in [0.15, 0.2) is 0 Å². The van der Waals surface area contributed by atoms with Gasteiger partial charge < -0.3 is 0 Å². The van der Waals surface area contributed by atoms with E-state index in [1.165, 1.54) is 63.4 Å². The van der Waals surface area contributed by atoms with Crippen LogP contribution in [-0.2, 0) is 0 Å². The van der Waals surface area contributed by atoms with Gasteiger partial charge in [0.05, 0.1) is 0 Å². The smallest absolute Gasteiger partial charge is 0.0398 e. The van der Waals surface area contributed by atoms with Gasteiger partial charge in [-0.2, -0.15) is 0 Å². The van der Waals surface area contributed by atoms with Crippen molar-refractivity contribution in [2.45, 2.75) is 71.6 Å². The van der Waals surface area contributed by atoms with Crippen LogP contribution in [0.4, 0.5) is 0 Å². The zero-order valence-corrected chi connectivity index (χ0v) is 12.3. The number of hydrogen-bond donors (Lipinski definition) is 0. The lowest BCUT2D eigenvalue weighted by Crippen LogP contribution is -2.05. The summed E-state index contributed by atoms with van der Waals surface area (Å²) in [5.41, 5.74) is 1.32. The van der Waals surface area contributed by atoms with E-state index < -0.39 is 0 Å². The second-order valence-electron chi connectivity index (χ2n) is 5.65. The summed E-state index contributed by atoms with van der Waals surface area (Å²) in [5.74, 6) is 1.11. The molecule has 1 saturated carbocycles. The molecule has 1 aliphatic rings. The van der Waals surface area contributed by atoms with E-state index in [1.54, 1.807) is 0 Å². The van der Waals surface area contributed by atoms with E-state index >= 15 is 0 Å². The molecule has 2 rings (SSSR count). The molecular formula is C18H30. The average Bonchev–Trinajstić information content (AvgIpc) is 2.42. The van der Waals surface area contributed by atoms with E-state index in [9.17, 15) is 0 Å². The van der Waals surface area contributed by atoms with Crippen molar-refractivity contribution in [2.75, 3.05) is 0 Å². The standard InChI is InChI=1S/C11H22.C7H8/c1-2-3-5-8-11-9-6-4-7-10-11;1-7-5-3-2-4-6-7/h11H,2-10H2,1H3;2-6H,1H3. The zero-order chi connectivity index (χ0) is 13.1. The summed E-state index contributed by atoms with van der Waals surface area (Å²) < 4.78 is 0. The number of hydrogen-bond acceptors (Lipinski definition) is 0. The fourth-order valence-electron chi connectivity index (χ4n) is 2.69. The summed E-state index contributed by atoms with van der Waals surface area (Å²) in [5, 5.41) is 0. The Balaban J connectivity index is 0.000000199. The molecule has 0 amide bonds. The SMILES string of the molecule is CCCCCC1CCCCC1.Cc1ccccc1. The highest BCUT2D eigenvalue weighted by atomic mass is 14.2. The maximum Gasteiger partial charge on any atom is -0.0398 e. The van der Waals surface area contributed by atoms with Crippen LogP contribution in [0.15, 0.2) is 30.3 Å². The lowest BCUT2D eigenvalue weighted by Gasteiger charge is -2.20. The first-order valence-corrected chi connectivity index (χ1v) is 7.84. The van der Waals surface area contributed by atoms with Gasteiger partial charge in [0.2, 0.25) is 0 Å². The molecule has 0 bridgehead atoms. The van der Waals surface area contributed by atoms with Gasteiger partial charge in [0.1, 0.15) is 0 Å². The molecule has 0 atom stereocenters. The largest absolute Gasteiger partial charge is 0.0654 e. The molecule has 1 aromatic carbocycles. The first kappa shape index (κ1) is 15.3. The molecule has 0 heteroatoms. The predicted octanol–water partition coefficient (Wildman–Crippen LogP) is 6.14. The highest BCUT2D eigenvalue weighted by molar-refractivity contribution is 5.11. The lowest BCUT2D eigenvalue weighted by atomic mass is 9.86. The molecular weight excluding hydrogens is 216 g/mol. The third kappa shape index (κ3) is 7.53. The number of rotatable bonds is 4. The third-order valence-corrected chi connectivity index (χ3v) is 3.88. The van der Waals surface area contributed by atoms with Crippen molar-refractivity contribution in [1.82, 2.24) is 0 Å². The molecule has 0 spiro atoms. The fourth-order valence-corrected chi connectivity index (χ4v) is 2.69. The van der Waals surface area contributed by atoms with Gasteiger partial charge in [0, 0.05) is 0 Å². The molecule has 0 aliphatic heterocycles. The molecule has 0 aromatic heterocycles. The van der Waals surface area contributed by atoms with Gasteiger partial charge in [-0.3, -0.25) is 0 Å². The fraction of sp³-hybridized carbons (Fsp3) is 0.667. The van der Waals surface area contributed by atoms with Crippen molar-refractivity contribution in [3.63, 3.8) is 0 Å². The molecule has 102 valence electrons. The maximum atomic E-state index is 2.29. The molecule has 0 saturated heterocycles. The van der Waals surface area contributed by atoms with Crippen LogP contribution in [0, 0.1) is 12.8 Å². The van der Waals surface area contributed by atoms with Gasteiger partial charge in [0.25, 0.3) is 0 Å². The molecule has 1 aromatic rings. The van der Waals surface area contributed by atoms with Crippen LogP contribution in [0.25, 0.3) is 0 Å². The van der Waals surface area contributed by atoms with Crippen LogP contribution in [0.3, 0.4) is 0 Å². The van der Waals surface area contributed by atoms with Gasteiger partial charge in [-0.05, 0) is 12.8 Å². The van der Waals surface area contributed by atoms with Crippen molar-refractivity contribution in [1.29, 1.82) is 0 Å². The second kappa shape index (κ2) is 10.2. The Bertz CT molecular complexity index is 269.